The fourth-order valence-corrected chi connectivity index (χ4v) is 1.85. The normalized spacial score (nSPS) is 28.8. The van der Waals surface area contributed by atoms with E-state index < -0.39 is 29.8 Å². The minimum absolute atomic E-state index is 0.334. The lowest BCUT2D eigenvalue weighted by atomic mass is 9.89. The van der Waals surface area contributed by atoms with E-state index in [1.165, 1.54) is 0 Å². The van der Waals surface area contributed by atoms with Gasteiger partial charge in [0.1, 0.15) is 6.04 Å². The van der Waals surface area contributed by atoms with Crippen LogP contribution in [0, 0.1) is 11.8 Å². The lowest BCUT2D eigenvalue weighted by Gasteiger charge is -2.18. The van der Waals surface area contributed by atoms with Crippen molar-refractivity contribution in [3.05, 3.63) is 12.2 Å². The van der Waals surface area contributed by atoms with Crippen molar-refractivity contribution in [2.45, 2.75) is 18.9 Å². The summed E-state index contributed by atoms with van der Waals surface area (Å²) in [6.07, 6.45) is 0.728. The minimum Gasteiger partial charge on any atom is -0.481 e. The number of rotatable bonds is 3. The molecule has 0 bridgehead atoms. The molecule has 0 amide bonds. The second-order valence-electron chi connectivity index (χ2n) is 3.63. The molecule has 1 fully saturated rings. The molecule has 3 atom stereocenters. The fourth-order valence-electron chi connectivity index (χ4n) is 1.85. The Morgan fingerprint density at radius 2 is 2.00 bits per heavy atom. The average molecular weight is 199 g/mol. The third kappa shape index (κ3) is 1.93. The van der Waals surface area contributed by atoms with E-state index in [-0.39, 0.29) is 0 Å². The van der Waals surface area contributed by atoms with Crippen molar-refractivity contribution in [1.29, 1.82) is 0 Å². The highest BCUT2D eigenvalue weighted by atomic mass is 16.4. The Morgan fingerprint density at radius 3 is 2.43 bits per heavy atom. The van der Waals surface area contributed by atoms with Gasteiger partial charge in [0.25, 0.3) is 0 Å². The second-order valence-corrected chi connectivity index (χ2v) is 3.63. The Labute approximate surface area is 81.2 Å². The van der Waals surface area contributed by atoms with Crippen LogP contribution in [-0.4, -0.2) is 28.2 Å². The highest BCUT2D eigenvalue weighted by Crippen LogP contribution is 2.36. The number of carboxylic acid groups (broad SMARTS) is 2. The highest BCUT2D eigenvalue weighted by molar-refractivity contribution is 5.77. The first kappa shape index (κ1) is 10.7. The maximum atomic E-state index is 10.8. The SMILES string of the molecule is C=C1C[C@H]([C@H](N)C(=O)O)[C@@H](C(=O)O)C1. The molecular weight excluding hydrogens is 186 g/mol. The van der Waals surface area contributed by atoms with E-state index in [1.54, 1.807) is 0 Å². The number of nitrogens with two attached hydrogens (primary N) is 1. The largest absolute Gasteiger partial charge is 0.481 e. The molecule has 1 saturated carbocycles. The molecule has 0 radical (unpaired) electrons. The molecule has 0 unspecified atom stereocenters. The molecule has 0 aliphatic heterocycles. The summed E-state index contributed by atoms with van der Waals surface area (Å²) in [4.78, 5) is 21.4. The van der Waals surface area contributed by atoms with Gasteiger partial charge in [-0.05, 0) is 12.8 Å². The van der Waals surface area contributed by atoms with Gasteiger partial charge in [-0.1, -0.05) is 12.2 Å². The Hall–Kier alpha value is -1.36. The zero-order valence-electron chi connectivity index (χ0n) is 7.64. The third-order valence-corrected chi connectivity index (χ3v) is 2.61. The first-order valence-electron chi connectivity index (χ1n) is 4.31. The third-order valence-electron chi connectivity index (χ3n) is 2.61. The van der Waals surface area contributed by atoms with Gasteiger partial charge < -0.3 is 15.9 Å². The van der Waals surface area contributed by atoms with Crippen molar-refractivity contribution in [2.24, 2.45) is 17.6 Å². The second kappa shape index (κ2) is 3.79. The summed E-state index contributed by atoms with van der Waals surface area (Å²) in [5, 5.41) is 17.5. The molecular formula is C9H13NO4. The van der Waals surface area contributed by atoms with Crippen LogP contribution in [0.3, 0.4) is 0 Å². The molecule has 0 aromatic carbocycles. The minimum atomic E-state index is -1.16. The lowest BCUT2D eigenvalue weighted by Crippen LogP contribution is -2.41. The number of carboxylic acids is 2. The van der Waals surface area contributed by atoms with E-state index in [0.717, 1.165) is 5.57 Å². The van der Waals surface area contributed by atoms with Crippen molar-refractivity contribution < 1.29 is 19.8 Å². The van der Waals surface area contributed by atoms with Crippen LogP contribution in [0.25, 0.3) is 0 Å². The van der Waals surface area contributed by atoms with E-state index in [9.17, 15) is 9.59 Å². The van der Waals surface area contributed by atoms with Gasteiger partial charge >= 0.3 is 11.9 Å². The fraction of sp³-hybridized carbons (Fsp3) is 0.556. The van der Waals surface area contributed by atoms with Gasteiger partial charge in [0.15, 0.2) is 0 Å². The summed E-state index contributed by atoms with van der Waals surface area (Å²) in [5.41, 5.74) is 6.17. The maximum Gasteiger partial charge on any atom is 0.320 e. The molecule has 0 aromatic rings. The molecule has 0 spiro atoms. The summed E-state index contributed by atoms with van der Waals surface area (Å²) >= 11 is 0. The monoisotopic (exact) mass is 199 g/mol. The molecule has 78 valence electrons. The summed E-state index contributed by atoms with van der Waals surface area (Å²) in [7, 11) is 0. The number of allylic oxidation sites excluding steroid dienone is 1. The van der Waals surface area contributed by atoms with Crippen molar-refractivity contribution in [3.63, 3.8) is 0 Å². The number of hydrogen-bond donors (Lipinski definition) is 3. The van der Waals surface area contributed by atoms with Crippen LogP contribution in [0.15, 0.2) is 12.2 Å². The van der Waals surface area contributed by atoms with E-state index in [0.29, 0.717) is 12.8 Å². The van der Waals surface area contributed by atoms with Gasteiger partial charge in [0.05, 0.1) is 5.92 Å². The van der Waals surface area contributed by atoms with Gasteiger partial charge in [-0.2, -0.15) is 0 Å². The topological polar surface area (TPSA) is 101 Å². The first-order valence-corrected chi connectivity index (χ1v) is 4.31. The molecule has 1 aliphatic rings. The summed E-state index contributed by atoms with van der Waals surface area (Å²) in [6.45, 7) is 3.67. The smallest absolute Gasteiger partial charge is 0.320 e. The molecule has 1 rings (SSSR count). The average Bonchev–Trinajstić information content (AvgIpc) is 2.45. The van der Waals surface area contributed by atoms with E-state index >= 15 is 0 Å². The summed E-state index contributed by atoms with van der Waals surface area (Å²) < 4.78 is 0. The van der Waals surface area contributed by atoms with Crippen LogP contribution in [0.2, 0.25) is 0 Å². The first-order chi connectivity index (χ1) is 6.43. The molecule has 5 heteroatoms. The summed E-state index contributed by atoms with van der Waals surface area (Å²) in [6, 6.07) is -1.12. The van der Waals surface area contributed by atoms with Crippen LogP contribution >= 0.6 is 0 Å². The highest BCUT2D eigenvalue weighted by Gasteiger charge is 2.40. The maximum absolute atomic E-state index is 10.8. The van der Waals surface area contributed by atoms with Crippen molar-refractivity contribution in [2.75, 3.05) is 0 Å². The molecule has 0 heterocycles. The van der Waals surface area contributed by atoms with Crippen LogP contribution < -0.4 is 5.73 Å². The van der Waals surface area contributed by atoms with E-state index in [1.807, 2.05) is 0 Å². The van der Waals surface area contributed by atoms with Gasteiger partial charge in [-0.15, -0.1) is 0 Å². The van der Waals surface area contributed by atoms with Crippen LogP contribution in [0.4, 0.5) is 0 Å². The van der Waals surface area contributed by atoms with Crippen LogP contribution in [0.5, 0.6) is 0 Å². The predicted octanol–water partition coefficient (Wildman–Crippen LogP) is 0.0653. The van der Waals surface area contributed by atoms with Crippen LogP contribution in [0.1, 0.15) is 12.8 Å². The molecule has 0 saturated heterocycles. The molecule has 4 N–H and O–H groups in total. The van der Waals surface area contributed by atoms with Crippen molar-refractivity contribution >= 4 is 11.9 Å². The number of aliphatic carboxylic acids is 2. The number of hydrogen-bond acceptors (Lipinski definition) is 3. The lowest BCUT2D eigenvalue weighted by molar-refractivity contribution is -0.145. The Balaban J connectivity index is 2.81. The molecule has 0 aromatic heterocycles. The van der Waals surface area contributed by atoms with Gasteiger partial charge in [0, 0.05) is 5.92 Å². The molecule has 1 aliphatic carbocycles. The van der Waals surface area contributed by atoms with Gasteiger partial charge in [0.2, 0.25) is 0 Å². The van der Waals surface area contributed by atoms with Crippen molar-refractivity contribution in [1.82, 2.24) is 0 Å². The quantitative estimate of drug-likeness (QED) is 0.558. The Bertz CT molecular complexity index is 287. The zero-order valence-corrected chi connectivity index (χ0v) is 7.64. The Morgan fingerprint density at radius 1 is 1.43 bits per heavy atom. The van der Waals surface area contributed by atoms with Crippen LogP contribution in [-0.2, 0) is 9.59 Å². The van der Waals surface area contributed by atoms with Gasteiger partial charge in [-0.3, -0.25) is 9.59 Å². The zero-order chi connectivity index (χ0) is 10.9. The van der Waals surface area contributed by atoms with E-state index in [2.05, 4.69) is 6.58 Å². The standard InChI is InChI=1S/C9H13NO4/c1-4-2-5(7(10)9(13)14)6(3-4)8(11)12/h5-7H,1-3,10H2,(H,11,12)(H,13,14)/t5-,6-,7-/m0/s1. The Kier molecular flexibility index (Phi) is 2.90. The molecule has 5 nitrogen and oxygen atoms in total. The molecule has 14 heavy (non-hydrogen) atoms. The predicted molar refractivity (Wildman–Crippen MR) is 48.6 cm³/mol. The summed E-state index contributed by atoms with van der Waals surface area (Å²) in [5.74, 6) is -3.38. The number of carbonyl (C=O) groups is 2. The van der Waals surface area contributed by atoms with E-state index in [4.69, 9.17) is 15.9 Å². The van der Waals surface area contributed by atoms with Gasteiger partial charge in [-0.25, -0.2) is 0 Å². The van der Waals surface area contributed by atoms with Crippen molar-refractivity contribution in [3.8, 4) is 0 Å².